The smallest absolute Gasteiger partial charge is 0.497 e. The highest BCUT2D eigenvalue weighted by molar-refractivity contribution is 6.62. The van der Waals surface area contributed by atoms with E-state index in [2.05, 4.69) is 20.8 Å². The number of methoxy groups -OCH3 is 1. The van der Waals surface area contributed by atoms with Gasteiger partial charge in [0.15, 0.2) is 0 Å². The standard InChI is InChI=1S/C13H19BO3/c1-10-9-13(2,3)17-14(16-10)11-7-5-6-8-12(11)15-4/h5-8,10H,9H2,1-4H3/t10-/m0/s1. The van der Waals surface area contributed by atoms with Gasteiger partial charge < -0.3 is 14.0 Å². The molecule has 1 fully saturated rings. The summed E-state index contributed by atoms with van der Waals surface area (Å²) in [5, 5.41) is 0. The summed E-state index contributed by atoms with van der Waals surface area (Å²) >= 11 is 0. The van der Waals surface area contributed by atoms with Crippen LogP contribution in [0.15, 0.2) is 24.3 Å². The van der Waals surface area contributed by atoms with Crippen LogP contribution in [0.1, 0.15) is 27.2 Å². The largest absolute Gasteiger partial charge is 0.498 e. The Morgan fingerprint density at radius 3 is 2.71 bits per heavy atom. The number of hydrogen-bond acceptors (Lipinski definition) is 3. The molecule has 17 heavy (non-hydrogen) atoms. The molecule has 0 bridgehead atoms. The van der Waals surface area contributed by atoms with Crippen LogP contribution in [0.2, 0.25) is 0 Å². The van der Waals surface area contributed by atoms with Crippen molar-refractivity contribution in [1.29, 1.82) is 0 Å². The second kappa shape index (κ2) is 4.71. The molecular formula is C13H19BO3. The maximum atomic E-state index is 5.97. The molecule has 0 amide bonds. The van der Waals surface area contributed by atoms with Gasteiger partial charge in [0.05, 0.1) is 12.7 Å². The molecule has 1 aliphatic heterocycles. The van der Waals surface area contributed by atoms with Crippen LogP contribution < -0.4 is 10.2 Å². The fourth-order valence-corrected chi connectivity index (χ4v) is 2.31. The van der Waals surface area contributed by atoms with E-state index in [1.54, 1.807) is 7.11 Å². The molecule has 4 heteroatoms. The number of hydrogen-bond donors (Lipinski definition) is 0. The van der Waals surface area contributed by atoms with Gasteiger partial charge in [0, 0.05) is 11.6 Å². The van der Waals surface area contributed by atoms with E-state index < -0.39 is 0 Å². The van der Waals surface area contributed by atoms with Crippen molar-refractivity contribution >= 4 is 12.6 Å². The van der Waals surface area contributed by atoms with Gasteiger partial charge in [-0.25, -0.2) is 0 Å². The van der Waals surface area contributed by atoms with E-state index in [1.807, 2.05) is 24.3 Å². The first-order valence-electron chi connectivity index (χ1n) is 5.98. The topological polar surface area (TPSA) is 27.7 Å². The molecule has 92 valence electrons. The lowest BCUT2D eigenvalue weighted by molar-refractivity contribution is -0.0231. The average Bonchev–Trinajstić information content (AvgIpc) is 2.26. The third kappa shape index (κ3) is 2.82. The second-order valence-electron chi connectivity index (χ2n) is 5.10. The van der Waals surface area contributed by atoms with Crippen LogP contribution in [0.3, 0.4) is 0 Å². The molecule has 1 aliphatic rings. The molecule has 1 aromatic carbocycles. The minimum absolute atomic E-state index is 0.164. The van der Waals surface area contributed by atoms with Crippen LogP contribution in [0.25, 0.3) is 0 Å². The SMILES string of the molecule is COc1ccccc1B1O[C@@H](C)CC(C)(C)O1. The second-order valence-corrected chi connectivity index (χ2v) is 5.10. The minimum atomic E-state index is -0.343. The Bertz CT molecular complexity index is 392. The fraction of sp³-hybridized carbons (Fsp3) is 0.538. The lowest BCUT2D eigenvalue weighted by Crippen LogP contribution is -2.52. The zero-order valence-electron chi connectivity index (χ0n) is 10.9. The molecule has 0 N–H and O–H groups in total. The first-order chi connectivity index (χ1) is 8.02. The molecule has 1 atom stereocenters. The Morgan fingerprint density at radius 2 is 2.06 bits per heavy atom. The average molecular weight is 234 g/mol. The Hall–Kier alpha value is -0.995. The van der Waals surface area contributed by atoms with E-state index in [0.29, 0.717) is 0 Å². The van der Waals surface area contributed by atoms with Crippen molar-refractivity contribution in [2.45, 2.75) is 38.9 Å². The van der Waals surface area contributed by atoms with E-state index >= 15 is 0 Å². The van der Waals surface area contributed by atoms with Crippen molar-refractivity contribution in [2.24, 2.45) is 0 Å². The van der Waals surface area contributed by atoms with Crippen molar-refractivity contribution in [3.8, 4) is 5.75 Å². The molecule has 3 nitrogen and oxygen atoms in total. The molecule has 2 rings (SSSR count). The summed E-state index contributed by atoms with van der Waals surface area (Å²) in [7, 11) is 1.32. The van der Waals surface area contributed by atoms with Gasteiger partial charge in [-0.2, -0.15) is 0 Å². The van der Waals surface area contributed by atoms with Crippen molar-refractivity contribution in [3.05, 3.63) is 24.3 Å². The lowest BCUT2D eigenvalue weighted by Gasteiger charge is -2.38. The summed E-state index contributed by atoms with van der Waals surface area (Å²) in [6.45, 7) is 6.26. The Balaban J connectivity index is 2.27. The molecule has 0 spiro atoms. The van der Waals surface area contributed by atoms with Crippen molar-refractivity contribution in [2.75, 3.05) is 7.11 Å². The zero-order chi connectivity index (χ0) is 12.5. The highest BCUT2D eigenvalue weighted by atomic mass is 16.6. The van der Waals surface area contributed by atoms with Gasteiger partial charge in [0.1, 0.15) is 5.75 Å². The number of ether oxygens (including phenoxy) is 1. The third-order valence-electron chi connectivity index (χ3n) is 2.95. The van der Waals surface area contributed by atoms with Crippen molar-refractivity contribution in [3.63, 3.8) is 0 Å². The van der Waals surface area contributed by atoms with Gasteiger partial charge >= 0.3 is 7.12 Å². The first-order valence-corrected chi connectivity index (χ1v) is 5.98. The Morgan fingerprint density at radius 1 is 1.35 bits per heavy atom. The lowest BCUT2D eigenvalue weighted by atomic mass is 9.74. The third-order valence-corrected chi connectivity index (χ3v) is 2.95. The number of rotatable bonds is 2. The predicted molar refractivity (Wildman–Crippen MR) is 68.7 cm³/mol. The molecule has 0 aliphatic carbocycles. The van der Waals surface area contributed by atoms with Crippen LogP contribution in [-0.4, -0.2) is 25.9 Å². The molecule has 0 radical (unpaired) electrons. The van der Waals surface area contributed by atoms with Crippen LogP contribution in [0.5, 0.6) is 5.75 Å². The van der Waals surface area contributed by atoms with Gasteiger partial charge in [-0.05, 0) is 33.3 Å². The normalized spacial score (nSPS) is 23.5. The van der Waals surface area contributed by atoms with Gasteiger partial charge in [0.25, 0.3) is 0 Å². The maximum absolute atomic E-state index is 5.97. The van der Waals surface area contributed by atoms with E-state index in [9.17, 15) is 0 Å². The van der Waals surface area contributed by atoms with Gasteiger partial charge in [-0.3, -0.25) is 0 Å². The highest BCUT2D eigenvalue weighted by Crippen LogP contribution is 2.26. The predicted octanol–water partition coefficient (Wildman–Crippen LogP) is 1.99. The molecule has 1 aromatic rings. The summed E-state index contributed by atoms with van der Waals surface area (Å²) in [5.41, 5.74) is 0.790. The summed E-state index contributed by atoms with van der Waals surface area (Å²) in [5.74, 6) is 0.808. The van der Waals surface area contributed by atoms with Crippen LogP contribution in [-0.2, 0) is 9.31 Å². The molecule has 1 heterocycles. The van der Waals surface area contributed by atoms with E-state index in [1.165, 1.54) is 0 Å². The fourth-order valence-electron chi connectivity index (χ4n) is 2.31. The quantitative estimate of drug-likeness (QED) is 0.732. The van der Waals surface area contributed by atoms with Gasteiger partial charge in [-0.1, -0.05) is 18.2 Å². The Labute approximate surface area is 103 Å². The van der Waals surface area contributed by atoms with Gasteiger partial charge in [-0.15, -0.1) is 0 Å². The van der Waals surface area contributed by atoms with Crippen LogP contribution in [0.4, 0.5) is 0 Å². The summed E-state index contributed by atoms with van der Waals surface area (Å²) in [4.78, 5) is 0. The van der Waals surface area contributed by atoms with Crippen LogP contribution >= 0.6 is 0 Å². The first kappa shape index (κ1) is 12.5. The summed E-state index contributed by atoms with van der Waals surface area (Å²) in [6.07, 6.45) is 1.09. The molecule has 0 unspecified atom stereocenters. The molecule has 0 aromatic heterocycles. The maximum Gasteiger partial charge on any atom is 0.498 e. The monoisotopic (exact) mass is 234 g/mol. The van der Waals surface area contributed by atoms with Crippen molar-refractivity contribution in [1.82, 2.24) is 0 Å². The highest BCUT2D eigenvalue weighted by Gasteiger charge is 2.39. The zero-order valence-corrected chi connectivity index (χ0v) is 10.9. The Kier molecular flexibility index (Phi) is 3.45. The molecular weight excluding hydrogens is 215 g/mol. The molecule has 0 saturated carbocycles. The van der Waals surface area contributed by atoms with Crippen molar-refractivity contribution < 1.29 is 14.0 Å². The number of para-hydroxylation sites is 1. The summed E-state index contributed by atoms with van der Waals surface area (Å²) in [6, 6.07) is 7.82. The number of benzene rings is 1. The molecule has 1 saturated heterocycles. The van der Waals surface area contributed by atoms with E-state index in [0.717, 1.165) is 17.6 Å². The van der Waals surface area contributed by atoms with Crippen LogP contribution in [0, 0.1) is 0 Å². The van der Waals surface area contributed by atoms with E-state index in [-0.39, 0.29) is 18.8 Å². The van der Waals surface area contributed by atoms with Gasteiger partial charge in [0.2, 0.25) is 0 Å². The minimum Gasteiger partial charge on any atom is -0.497 e. The van der Waals surface area contributed by atoms with E-state index in [4.69, 9.17) is 14.0 Å². The summed E-state index contributed by atoms with van der Waals surface area (Å²) < 4.78 is 17.2.